The molecule has 8 heteroatoms. The van der Waals surface area contributed by atoms with E-state index in [0.717, 1.165) is 11.1 Å². The second kappa shape index (κ2) is 7.47. The van der Waals surface area contributed by atoms with Gasteiger partial charge in [-0.05, 0) is 12.1 Å². The zero-order chi connectivity index (χ0) is 20.5. The molecule has 1 fully saturated rings. The van der Waals surface area contributed by atoms with Gasteiger partial charge in [0.2, 0.25) is 11.7 Å². The molecule has 30 heavy (non-hydrogen) atoms. The number of nitrogens with zero attached hydrogens (tertiary/aromatic N) is 4. The fraction of sp³-hybridized carbons (Fsp3) is 0.182. The Morgan fingerprint density at radius 3 is 2.60 bits per heavy atom. The lowest BCUT2D eigenvalue weighted by Gasteiger charge is -2.36. The Balaban J connectivity index is 1.25. The molecule has 1 aliphatic rings. The van der Waals surface area contributed by atoms with Crippen LogP contribution in [0.25, 0.3) is 22.7 Å². The standard InChI is InChI=1S/C22H18N4O4/c1-28-18-10-6-5-9-16(18)20-23-21(30-25-20)15-12-26(13-15)22(27)17-11-19(29-24-17)14-7-3-2-4-8-14/h2-11,15H,12-13H2,1H3. The third kappa shape index (κ3) is 3.22. The zero-order valence-electron chi connectivity index (χ0n) is 16.2. The lowest BCUT2D eigenvalue weighted by atomic mass is 9.99. The van der Waals surface area contributed by atoms with Gasteiger partial charge in [0.15, 0.2) is 11.5 Å². The van der Waals surface area contributed by atoms with E-state index in [-0.39, 0.29) is 17.5 Å². The van der Waals surface area contributed by atoms with Crippen LogP contribution in [0.5, 0.6) is 5.75 Å². The predicted molar refractivity (Wildman–Crippen MR) is 107 cm³/mol. The SMILES string of the molecule is COc1ccccc1-c1noc(C2CN(C(=O)c3cc(-c4ccccc4)on3)C2)n1. The minimum atomic E-state index is -0.179. The molecule has 1 aliphatic heterocycles. The van der Waals surface area contributed by atoms with Crippen LogP contribution in [0.3, 0.4) is 0 Å². The van der Waals surface area contributed by atoms with Crippen LogP contribution in [0.15, 0.2) is 69.7 Å². The maximum atomic E-state index is 12.7. The van der Waals surface area contributed by atoms with Crippen LogP contribution in [0.4, 0.5) is 0 Å². The Kier molecular flexibility index (Phi) is 4.51. The molecule has 0 unspecified atom stereocenters. The Hall–Kier alpha value is -3.94. The minimum Gasteiger partial charge on any atom is -0.496 e. The number of benzene rings is 2. The molecule has 4 aromatic rings. The second-order valence-electron chi connectivity index (χ2n) is 7.01. The maximum absolute atomic E-state index is 12.7. The number of aromatic nitrogens is 3. The maximum Gasteiger partial charge on any atom is 0.276 e. The van der Waals surface area contributed by atoms with Crippen LogP contribution in [0.1, 0.15) is 22.3 Å². The molecule has 1 amide bonds. The van der Waals surface area contributed by atoms with Gasteiger partial charge in [0.05, 0.1) is 18.6 Å². The molecule has 0 radical (unpaired) electrons. The third-order valence-corrected chi connectivity index (χ3v) is 5.10. The van der Waals surface area contributed by atoms with Gasteiger partial charge in [0.25, 0.3) is 5.91 Å². The Morgan fingerprint density at radius 2 is 1.80 bits per heavy atom. The predicted octanol–water partition coefficient (Wildman–Crippen LogP) is 3.64. The molecule has 0 spiro atoms. The topological polar surface area (TPSA) is 94.5 Å². The average Bonchev–Trinajstić information content (AvgIpc) is 3.43. The summed E-state index contributed by atoms with van der Waals surface area (Å²) in [6.45, 7) is 0.972. The van der Waals surface area contributed by atoms with Crippen LogP contribution in [-0.4, -0.2) is 46.3 Å². The molecule has 0 bridgehead atoms. The summed E-state index contributed by atoms with van der Waals surface area (Å²) in [5.74, 6) is 2.03. The molecular formula is C22H18N4O4. The van der Waals surface area contributed by atoms with E-state index in [1.54, 1.807) is 18.1 Å². The van der Waals surface area contributed by atoms with E-state index in [9.17, 15) is 4.79 Å². The van der Waals surface area contributed by atoms with Crippen molar-refractivity contribution in [1.82, 2.24) is 20.2 Å². The van der Waals surface area contributed by atoms with Gasteiger partial charge in [-0.15, -0.1) is 0 Å². The van der Waals surface area contributed by atoms with E-state index in [1.807, 2.05) is 54.6 Å². The number of para-hydroxylation sites is 1. The first kappa shape index (κ1) is 18.1. The van der Waals surface area contributed by atoms with Crippen molar-refractivity contribution in [3.05, 3.63) is 72.2 Å². The molecule has 0 N–H and O–H groups in total. The summed E-state index contributed by atoms with van der Waals surface area (Å²) in [7, 11) is 1.60. The van der Waals surface area contributed by atoms with Gasteiger partial charge in [-0.2, -0.15) is 4.98 Å². The number of hydrogen-bond donors (Lipinski definition) is 0. The van der Waals surface area contributed by atoms with Crippen molar-refractivity contribution in [2.45, 2.75) is 5.92 Å². The summed E-state index contributed by atoms with van der Waals surface area (Å²) in [5, 5.41) is 7.99. The second-order valence-corrected chi connectivity index (χ2v) is 7.01. The summed E-state index contributed by atoms with van der Waals surface area (Å²) in [5.41, 5.74) is 1.92. The van der Waals surface area contributed by atoms with E-state index < -0.39 is 0 Å². The highest BCUT2D eigenvalue weighted by atomic mass is 16.5. The number of methoxy groups -OCH3 is 1. The summed E-state index contributed by atoms with van der Waals surface area (Å²) >= 11 is 0. The van der Waals surface area contributed by atoms with Crippen molar-refractivity contribution < 1.29 is 18.6 Å². The largest absolute Gasteiger partial charge is 0.496 e. The van der Waals surface area contributed by atoms with Gasteiger partial charge in [0.1, 0.15) is 5.75 Å². The third-order valence-electron chi connectivity index (χ3n) is 5.10. The lowest BCUT2D eigenvalue weighted by Crippen LogP contribution is -2.48. The van der Waals surface area contributed by atoms with Crippen LogP contribution in [0.2, 0.25) is 0 Å². The van der Waals surface area contributed by atoms with E-state index in [4.69, 9.17) is 13.8 Å². The Morgan fingerprint density at radius 1 is 1.03 bits per heavy atom. The van der Waals surface area contributed by atoms with Crippen molar-refractivity contribution in [2.75, 3.05) is 20.2 Å². The van der Waals surface area contributed by atoms with Gasteiger partial charge in [-0.25, -0.2) is 0 Å². The highest BCUT2D eigenvalue weighted by molar-refractivity contribution is 5.93. The lowest BCUT2D eigenvalue weighted by molar-refractivity contribution is 0.0558. The number of carbonyl (C=O) groups is 1. The minimum absolute atomic E-state index is 0.00889. The number of rotatable bonds is 5. The first-order valence-corrected chi connectivity index (χ1v) is 9.51. The first-order chi connectivity index (χ1) is 14.7. The van der Waals surface area contributed by atoms with E-state index in [1.165, 1.54) is 0 Å². The number of hydrogen-bond acceptors (Lipinski definition) is 7. The summed E-state index contributed by atoms with van der Waals surface area (Å²) in [6, 6.07) is 18.7. The molecule has 2 aromatic heterocycles. The molecule has 0 saturated carbocycles. The molecule has 150 valence electrons. The quantitative estimate of drug-likeness (QED) is 0.503. The van der Waals surface area contributed by atoms with Gasteiger partial charge in [-0.3, -0.25) is 4.79 Å². The van der Waals surface area contributed by atoms with Crippen molar-refractivity contribution in [3.63, 3.8) is 0 Å². The van der Waals surface area contributed by atoms with E-state index >= 15 is 0 Å². The molecular weight excluding hydrogens is 384 g/mol. The van der Waals surface area contributed by atoms with Crippen LogP contribution >= 0.6 is 0 Å². The fourth-order valence-electron chi connectivity index (χ4n) is 3.42. The van der Waals surface area contributed by atoms with Gasteiger partial charge < -0.3 is 18.7 Å². The zero-order valence-corrected chi connectivity index (χ0v) is 16.2. The Bertz CT molecular complexity index is 1180. The van der Waals surface area contributed by atoms with Gasteiger partial charge >= 0.3 is 0 Å². The molecule has 3 heterocycles. The normalized spacial score (nSPS) is 13.8. The number of likely N-dealkylation sites (tertiary alicyclic amines) is 1. The summed E-state index contributed by atoms with van der Waals surface area (Å²) < 4.78 is 16.1. The highest BCUT2D eigenvalue weighted by Gasteiger charge is 2.37. The highest BCUT2D eigenvalue weighted by Crippen LogP contribution is 2.32. The number of carbonyl (C=O) groups excluding carboxylic acids is 1. The molecule has 0 atom stereocenters. The van der Waals surface area contributed by atoms with Crippen molar-refractivity contribution in [1.29, 1.82) is 0 Å². The monoisotopic (exact) mass is 402 g/mol. The first-order valence-electron chi connectivity index (χ1n) is 9.51. The van der Waals surface area contributed by atoms with Crippen LogP contribution < -0.4 is 4.74 Å². The van der Waals surface area contributed by atoms with Crippen molar-refractivity contribution >= 4 is 5.91 Å². The smallest absolute Gasteiger partial charge is 0.276 e. The van der Waals surface area contributed by atoms with Crippen LogP contribution in [0, 0.1) is 0 Å². The summed E-state index contributed by atoms with van der Waals surface area (Å²) in [6.07, 6.45) is 0. The molecule has 5 rings (SSSR count). The number of ether oxygens (including phenoxy) is 1. The van der Waals surface area contributed by atoms with Gasteiger partial charge in [-0.1, -0.05) is 52.8 Å². The average molecular weight is 402 g/mol. The van der Waals surface area contributed by atoms with Crippen molar-refractivity contribution in [2.24, 2.45) is 0 Å². The molecule has 8 nitrogen and oxygen atoms in total. The van der Waals surface area contributed by atoms with Crippen LogP contribution in [-0.2, 0) is 0 Å². The fourth-order valence-corrected chi connectivity index (χ4v) is 3.42. The van der Waals surface area contributed by atoms with E-state index in [2.05, 4.69) is 15.3 Å². The van der Waals surface area contributed by atoms with Gasteiger partial charge in [0, 0.05) is 24.7 Å². The number of amides is 1. The van der Waals surface area contributed by atoms with Crippen molar-refractivity contribution in [3.8, 4) is 28.5 Å². The molecule has 1 saturated heterocycles. The molecule has 0 aliphatic carbocycles. The Labute approximate surface area is 172 Å². The van der Waals surface area contributed by atoms with E-state index in [0.29, 0.717) is 36.3 Å². The summed E-state index contributed by atoms with van der Waals surface area (Å²) in [4.78, 5) is 18.9. The molecule has 2 aromatic carbocycles.